The smallest absolute Gasteiger partial charge is 0.429 e. The molecule has 1 aromatic carbocycles. The first-order valence-electron chi connectivity index (χ1n) is 3.99. The maximum Gasteiger partial charge on any atom is 0.429 e. The summed E-state index contributed by atoms with van der Waals surface area (Å²) >= 11 is 5.73. The van der Waals surface area contributed by atoms with Crippen molar-refractivity contribution in [1.82, 2.24) is 0 Å². The molecule has 0 fully saturated rings. The summed E-state index contributed by atoms with van der Waals surface area (Å²) in [7, 11) is -3.03. The van der Waals surface area contributed by atoms with E-state index in [9.17, 15) is 13.2 Å². The number of benzene rings is 1. The molecule has 82 valence electrons. The van der Waals surface area contributed by atoms with Gasteiger partial charge in [0, 0.05) is 5.02 Å². The number of carbonyl (C=O) groups excluding carboxylic acids is 1. The molecule has 0 amide bonds. The monoisotopic (exact) mass is 248 g/mol. The number of carbonyl (C=O) groups is 1. The maximum absolute atomic E-state index is 11.5. The lowest BCUT2D eigenvalue weighted by atomic mass is 10.2. The highest BCUT2D eigenvalue weighted by molar-refractivity contribution is 8.05. The van der Waals surface area contributed by atoms with Crippen molar-refractivity contribution in [3.63, 3.8) is 0 Å². The van der Waals surface area contributed by atoms with E-state index in [0.29, 0.717) is 10.6 Å². The van der Waals surface area contributed by atoms with Crippen LogP contribution in [0.15, 0.2) is 23.1 Å². The minimum absolute atomic E-state index is 0.115. The predicted molar refractivity (Wildman–Crippen MR) is 55.8 cm³/mol. The SMILES string of the molecule is COC(=O)S(=O)(=O)c1ccc(Cl)c(C)c1. The predicted octanol–water partition coefficient (Wildman–Crippen LogP) is 2.19. The van der Waals surface area contributed by atoms with Gasteiger partial charge in [-0.1, -0.05) is 11.6 Å². The summed E-state index contributed by atoms with van der Waals surface area (Å²) in [5, 5.41) is -0.831. The standard InChI is InChI=1S/C9H9ClO4S/c1-6-5-7(3-4-8(6)10)15(12,13)9(11)14-2/h3-5H,1-2H3. The van der Waals surface area contributed by atoms with Crippen LogP contribution in [0.2, 0.25) is 5.02 Å². The largest absolute Gasteiger partial charge is 0.457 e. The van der Waals surface area contributed by atoms with Crippen LogP contribution in [-0.2, 0) is 14.6 Å². The summed E-state index contributed by atoms with van der Waals surface area (Å²) in [5.74, 6) is 0. The summed E-state index contributed by atoms with van der Waals surface area (Å²) in [6.45, 7) is 1.65. The molecule has 4 nitrogen and oxygen atoms in total. The zero-order valence-corrected chi connectivity index (χ0v) is 9.72. The Morgan fingerprint density at radius 2 is 2.00 bits per heavy atom. The zero-order chi connectivity index (χ0) is 11.6. The van der Waals surface area contributed by atoms with Crippen LogP contribution in [0, 0.1) is 6.92 Å². The molecule has 0 aliphatic heterocycles. The first kappa shape index (κ1) is 12.0. The lowest BCUT2D eigenvalue weighted by molar-refractivity contribution is 0.197. The van der Waals surface area contributed by atoms with E-state index in [0.717, 1.165) is 7.11 Å². The van der Waals surface area contributed by atoms with Gasteiger partial charge in [0.25, 0.3) is 9.84 Å². The average molecular weight is 249 g/mol. The molecule has 0 atom stereocenters. The van der Waals surface area contributed by atoms with Crippen molar-refractivity contribution in [1.29, 1.82) is 0 Å². The number of hydrogen-bond donors (Lipinski definition) is 0. The Morgan fingerprint density at radius 1 is 1.40 bits per heavy atom. The van der Waals surface area contributed by atoms with Crippen molar-refractivity contribution in [2.75, 3.05) is 7.11 Å². The van der Waals surface area contributed by atoms with Gasteiger partial charge in [0.2, 0.25) is 0 Å². The van der Waals surface area contributed by atoms with Crippen LogP contribution in [0.5, 0.6) is 0 Å². The third-order valence-electron chi connectivity index (χ3n) is 1.83. The van der Waals surface area contributed by atoms with Gasteiger partial charge in [-0.2, -0.15) is 0 Å². The summed E-state index contributed by atoms with van der Waals surface area (Å²) in [6, 6.07) is 4.02. The summed E-state index contributed by atoms with van der Waals surface area (Å²) < 4.78 is 27.2. The first-order chi connectivity index (χ1) is 6.89. The van der Waals surface area contributed by atoms with Gasteiger partial charge < -0.3 is 4.74 Å². The number of sulfone groups is 1. The highest BCUT2D eigenvalue weighted by Crippen LogP contribution is 2.20. The second kappa shape index (κ2) is 4.20. The lowest BCUT2D eigenvalue weighted by Gasteiger charge is -2.03. The molecule has 0 saturated heterocycles. The van der Waals surface area contributed by atoms with Crippen molar-refractivity contribution in [2.45, 2.75) is 11.8 Å². The Bertz CT molecular complexity index is 493. The molecule has 0 heterocycles. The van der Waals surface area contributed by atoms with Crippen molar-refractivity contribution in [3.8, 4) is 0 Å². The van der Waals surface area contributed by atoms with Crippen LogP contribution in [0.25, 0.3) is 0 Å². The summed E-state index contributed by atoms with van der Waals surface area (Å²) in [4.78, 5) is 10.9. The van der Waals surface area contributed by atoms with Crippen molar-refractivity contribution in [3.05, 3.63) is 28.8 Å². The molecule has 0 bridgehead atoms. The van der Waals surface area contributed by atoms with Gasteiger partial charge >= 0.3 is 5.30 Å². The lowest BCUT2D eigenvalue weighted by Crippen LogP contribution is -2.14. The van der Waals surface area contributed by atoms with Crippen LogP contribution in [0.1, 0.15) is 5.56 Å². The normalized spacial score (nSPS) is 11.1. The second-order valence-electron chi connectivity index (χ2n) is 2.87. The van der Waals surface area contributed by atoms with Gasteiger partial charge in [0.15, 0.2) is 0 Å². The minimum atomic E-state index is -4.05. The van der Waals surface area contributed by atoms with Crippen molar-refractivity contribution in [2.24, 2.45) is 0 Å². The van der Waals surface area contributed by atoms with E-state index in [2.05, 4.69) is 4.74 Å². The van der Waals surface area contributed by atoms with Gasteiger partial charge in [0.1, 0.15) is 0 Å². The summed E-state index contributed by atoms with van der Waals surface area (Å²) in [5.41, 5.74) is 0.585. The Hall–Kier alpha value is -1.07. The molecule has 1 aromatic rings. The van der Waals surface area contributed by atoms with Crippen LogP contribution in [-0.4, -0.2) is 20.8 Å². The molecule has 0 spiro atoms. The fourth-order valence-electron chi connectivity index (χ4n) is 0.990. The van der Waals surface area contributed by atoms with Crippen molar-refractivity contribution < 1.29 is 17.9 Å². The summed E-state index contributed by atoms with van der Waals surface area (Å²) in [6.07, 6.45) is 0. The molecule has 0 unspecified atom stereocenters. The molecular formula is C9H9ClO4S. The molecule has 6 heteroatoms. The van der Waals surface area contributed by atoms with Crippen molar-refractivity contribution >= 4 is 26.7 Å². The highest BCUT2D eigenvalue weighted by Gasteiger charge is 2.25. The van der Waals surface area contributed by atoms with Gasteiger partial charge in [-0.05, 0) is 30.7 Å². The molecule has 0 N–H and O–H groups in total. The Kier molecular flexibility index (Phi) is 3.36. The molecule has 1 rings (SSSR count). The van der Waals surface area contributed by atoms with Crippen LogP contribution < -0.4 is 0 Å². The second-order valence-corrected chi connectivity index (χ2v) is 5.09. The Morgan fingerprint density at radius 3 is 2.47 bits per heavy atom. The number of rotatable bonds is 1. The fraction of sp³-hybridized carbons (Fsp3) is 0.222. The minimum Gasteiger partial charge on any atom is -0.457 e. The zero-order valence-electron chi connectivity index (χ0n) is 8.15. The Balaban J connectivity index is 3.29. The van der Waals surface area contributed by atoms with Gasteiger partial charge in [0.05, 0.1) is 12.0 Å². The van der Waals surface area contributed by atoms with Crippen LogP contribution >= 0.6 is 11.6 Å². The van der Waals surface area contributed by atoms with Crippen LogP contribution in [0.3, 0.4) is 0 Å². The van der Waals surface area contributed by atoms with Gasteiger partial charge in [-0.15, -0.1) is 0 Å². The molecule has 15 heavy (non-hydrogen) atoms. The molecule has 0 aromatic heterocycles. The van der Waals surface area contributed by atoms with Gasteiger partial charge in [-0.25, -0.2) is 13.2 Å². The Labute approximate surface area is 92.7 Å². The van der Waals surface area contributed by atoms with E-state index in [1.54, 1.807) is 6.92 Å². The number of halogens is 1. The quantitative estimate of drug-likeness (QED) is 0.715. The van der Waals surface area contributed by atoms with E-state index in [4.69, 9.17) is 11.6 Å². The number of hydrogen-bond acceptors (Lipinski definition) is 4. The number of methoxy groups -OCH3 is 1. The number of ether oxygens (including phenoxy) is 1. The maximum atomic E-state index is 11.5. The number of aryl methyl sites for hydroxylation is 1. The molecular weight excluding hydrogens is 240 g/mol. The van der Waals surface area contributed by atoms with E-state index < -0.39 is 15.1 Å². The molecule has 0 radical (unpaired) electrons. The van der Waals surface area contributed by atoms with Crippen LogP contribution in [0.4, 0.5) is 4.79 Å². The van der Waals surface area contributed by atoms with E-state index in [-0.39, 0.29) is 4.90 Å². The third kappa shape index (κ3) is 2.30. The van der Waals surface area contributed by atoms with E-state index >= 15 is 0 Å². The fourth-order valence-corrected chi connectivity index (χ4v) is 2.10. The molecule has 0 aliphatic carbocycles. The highest BCUT2D eigenvalue weighted by atomic mass is 35.5. The molecule has 0 saturated carbocycles. The average Bonchev–Trinajstić information content (AvgIpc) is 2.20. The third-order valence-corrected chi connectivity index (χ3v) is 3.73. The van der Waals surface area contributed by atoms with E-state index in [1.165, 1.54) is 18.2 Å². The van der Waals surface area contributed by atoms with E-state index in [1.807, 2.05) is 0 Å². The molecule has 0 aliphatic rings. The topological polar surface area (TPSA) is 60.4 Å². The first-order valence-corrected chi connectivity index (χ1v) is 5.85. The van der Waals surface area contributed by atoms with Gasteiger partial charge in [-0.3, -0.25) is 0 Å².